The maximum Gasteiger partial charge on any atom is 0.231 e. The van der Waals surface area contributed by atoms with E-state index in [-0.39, 0.29) is 12.7 Å². The van der Waals surface area contributed by atoms with Crippen molar-refractivity contribution >= 4 is 5.91 Å². The van der Waals surface area contributed by atoms with E-state index in [2.05, 4.69) is 34.6 Å². The summed E-state index contributed by atoms with van der Waals surface area (Å²) in [5.41, 5.74) is 3.91. The molecule has 2 aromatic carbocycles. The number of hydrogen-bond donors (Lipinski definition) is 1. The van der Waals surface area contributed by atoms with Crippen molar-refractivity contribution in [2.24, 2.45) is 5.41 Å². The number of pyridine rings is 1. The van der Waals surface area contributed by atoms with Crippen LogP contribution in [0.2, 0.25) is 0 Å². The second kappa shape index (κ2) is 9.01. The number of carbonyl (C=O) groups is 1. The van der Waals surface area contributed by atoms with Gasteiger partial charge in [-0.15, -0.1) is 0 Å². The van der Waals surface area contributed by atoms with Crippen molar-refractivity contribution in [1.29, 1.82) is 0 Å². The highest BCUT2D eigenvalue weighted by molar-refractivity contribution is 5.83. The summed E-state index contributed by atoms with van der Waals surface area (Å²) in [7, 11) is 0. The first kappa shape index (κ1) is 20.5. The summed E-state index contributed by atoms with van der Waals surface area (Å²) in [6.07, 6.45) is 5.69. The van der Waals surface area contributed by atoms with Crippen molar-refractivity contribution in [3.8, 4) is 22.6 Å². The smallest absolute Gasteiger partial charge is 0.231 e. The second-order valence-corrected chi connectivity index (χ2v) is 8.38. The molecule has 0 spiro atoms. The Morgan fingerprint density at radius 1 is 0.906 bits per heavy atom. The number of fused-ring (bicyclic) bond motifs is 1. The molecule has 2 aliphatic rings. The number of rotatable bonds is 6. The molecule has 1 fully saturated rings. The molecule has 0 radical (unpaired) electrons. The molecule has 1 N–H and O–H groups in total. The van der Waals surface area contributed by atoms with Gasteiger partial charge in [-0.1, -0.05) is 30.3 Å². The van der Waals surface area contributed by atoms with Crippen molar-refractivity contribution in [3.63, 3.8) is 0 Å². The Kier molecular flexibility index (Phi) is 5.77. The molecular weight excluding hydrogens is 404 g/mol. The molecule has 3 heterocycles. The van der Waals surface area contributed by atoms with Gasteiger partial charge in [-0.2, -0.15) is 0 Å². The van der Waals surface area contributed by atoms with Crippen LogP contribution in [-0.2, 0) is 22.5 Å². The van der Waals surface area contributed by atoms with Crippen molar-refractivity contribution in [2.45, 2.75) is 25.8 Å². The molecule has 0 saturated carbocycles. The van der Waals surface area contributed by atoms with Gasteiger partial charge in [-0.25, -0.2) is 0 Å². The van der Waals surface area contributed by atoms with Crippen LogP contribution in [0, 0.1) is 5.41 Å². The van der Waals surface area contributed by atoms with Gasteiger partial charge in [0, 0.05) is 32.2 Å². The fourth-order valence-electron chi connectivity index (χ4n) is 4.46. The average Bonchev–Trinajstić information content (AvgIpc) is 3.32. The number of nitrogens with zero attached hydrogens (tertiary/aromatic N) is 1. The van der Waals surface area contributed by atoms with Crippen LogP contribution in [0.4, 0.5) is 0 Å². The van der Waals surface area contributed by atoms with Crippen LogP contribution >= 0.6 is 0 Å². The molecule has 32 heavy (non-hydrogen) atoms. The maximum absolute atomic E-state index is 13.5. The van der Waals surface area contributed by atoms with E-state index in [1.165, 1.54) is 0 Å². The Labute approximate surface area is 187 Å². The molecule has 2 aliphatic heterocycles. The largest absolute Gasteiger partial charge is 0.454 e. The lowest BCUT2D eigenvalue weighted by molar-refractivity contribution is -0.136. The summed E-state index contributed by atoms with van der Waals surface area (Å²) in [5.74, 6) is 1.55. The molecule has 0 aliphatic carbocycles. The number of benzene rings is 2. The molecule has 1 aromatic heterocycles. The zero-order valence-electron chi connectivity index (χ0n) is 17.9. The first-order valence-electron chi connectivity index (χ1n) is 11.0. The van der Waals surface area contributed by atoms with E-state index in [1.54, 1.807) is 12.4 Å². The Bertz CT molecular complexity index is 1090. The lowest BCUT2D eigenvalue weighted by atomic mass is 9.74. The topological polar surface area (TPSA) is 69.7 Å². The Balaban J connectivity index is 1.33. The summed E-state index contributed by atoms with van der Waals surface area (Å²) in [6.45, 7) is 1.89. The SMILES string of the molecule is O=C(NCc1ccc2c(c1)OCO2)C1(Cc2cccc(-c3ccncc3)c2)CCOCC1. The standard InChI is InChI=1S/C26H26N2O4/c29-25(28-17-20-4-5-23-24(15-20)32-18-31-23)26(8-12-30-13-9-26)16-19-2-1-3-22(14-19)21-6-10-27-11-7-21/h1-7,10-11,14-15H,8-9,12-13,16-18H2,(H,28,29). The van der Waals surface area contributed by atoms with Gasteiger partial charge in [0.25, 0.3) is 0 Å². The van der Waals surface area contributed by atoms with E-state index in [1.807, 2.05) is 30.3 Å². The van der Waals surface area contributed by atoms with Gasteiger partial charge in [-0.05, 0) is 65.8 Å². The minimum atomic E-state index is -0.481. The normalized spacial score (nSPS) is 16.5. The van der Waals surface area contributed by atoms with E-state index >= 15 is 0 Å². The number of hydrogen-bond acceptors (Lipinski definition) is 5. The first-order chi connectivity index (χ1) is 15.7. The lowest BCUT2D eigenvalue weighted by Crippen LogP contribution is -2.45. The summed E-state index contributed by atoms with van der Waals surface area (Å²) < 4.78 is 16.4. The summed E-state index contributed by atoms with van der Waals surface area (Å²) in [5, 5.41) is 3.17. The average molecular weight is 431 g/mol. The van der Waals surface area contributed by atoms with Crippen LogP contribution in [0.5, 0.6) is 11.5 Å². The molecule has 6 heteroatoms. The number of carbonyl (C=O) groups excluding carboxylic acids is 1. The second-order valence-electron chi connectivity index (χ2n) is 8.38. The quantitative estimate of drug-likeness (QED) is 0.637. The van der Waals surface area contributed by atoms with Gasteiger partial charge in [-0.3, -0.25) is 9.78 Å². The van der Waals surface area contributed by atoms with E-state index < -0.39 is 5.41 Å². The van der Waals surface area contributed by atoms with Crippen LogP contribution in [-0.4, -0.2) is 30.9 Å². The predicted octanol–water partition coefficient (Wildman–Crippen LogP) is 4.13. The van der Waals surface area contributed by atoms with Crippen LogP contribution in [0.25, 0.3) is 11.1 Å². The van der Waals surface area contributed by atoms with Crippen molar-refractivity contribution < 1.29 is 19.0 Å². The molecule has 6 nitrogen and oxygen atoms in total. The van der Waals surface area contributed by atoms with E-state index in [0.717, 1.165) is 33.8 Å². The summed E-state index contributed by atoms with van der Waals surface area (Å²) in [6, 6.07) is 18.2. The molecule has 5 rings (SSSR count). The van der Waals surface area contributed by atoms with Gasteiger partial charge in [0.15, 0.2) is 11.5 Å². The zero-order valence-corrected chi connectivity index (χ0v) is 17.9. The lowest BCUT2D eigenvalue weighted by Gasteiger charge is -2.36. The Hall–Kier alpha value is -3.38. The fourth-order valence-corrected chi connectivity index (χ4v) is 4.46. The number of aromatic nitrogens is 1. The van der Waals surface area contributed by atoms with Gasteiger partial charge < -0.3 is 19.5 Å². The van der Waals surface area contributed by atoms with Crippen LogP contribution in [0.15, 0.2) is 67.0 Å². The van der Waals surface area contributed by atoms with Gasteiger partial charge in [0.2, 0.25) is 12.7 Å². The minimum absolute atomic E-state index is 0.0766. The van der Waals surface area contributed by atoms with Crippen molar-refractivity contribution in [2.75, 3.05) is 20.0 Å². The van der Waals surface area contributed by atoms with Gasteiger partial charge in [0.1, 0.15) is 0 Å². The number of ether oxygens (including phenoxy) is 3. The first-order valence-corrected chi connectivity index (χ1v) is 11.0. The third kappa shape index (κ3) is 4.32. The van der Waals surface area contributed by atoms with Crippen LogP contribution < -0.4 is 14.8 Å². The highest BCUT2D eigenvalue weighted by Gasteiger charge is 2.40. The molecule has 0 unspecified atom stereocenters. The highest BCUT2D eigenvalue weighted by atomic mass is 16.7. The maximum atomic E-state index is 13.5. The Morgan fingerprint density at radius 3 is 2.56 bits per heavy atom. The zero-order chi connectivity index (χ0) is 21.8. The molecule has 1 saturated heterocycles. The van der Waals surface area contributed by atoms with Crippen LogP contribution in [0.3, 0.4) is 0 Å². The monoisotopic (exact) mass is 430 g/mol. The molecule has 164 valence electrons. The Morgan fingerprint density at radius 2 is 1.72 bits per heavy atom. The van der Waals surface area contributed by atoms with Gasteiger partial charge >= 0.3 is 0 Å². The predicted molar refractivity (Wildman–Crippen MR) is 120 cm³/mol. The number of nitrogens with one attached hydrogen (secondary N) is 1. The van der Waals surface area contributed by atoms with Crippen molar-refractivity contribution in [1.82, 2.24) is 10.3 Å². The molecule has 3 aromatic rings. The molecule has 0 atom stereocenters. The van der Waals surface area contributed by atoms with E-state index in [4.69, 9.17) is 14.2 Å². The van der Waals surface area contributed by atoms with E-state index in [9.17, 15) is 4.79 Å². The molecule has 0 bridgehead atoms. The van der Waals surface area contributed by atoms with Gasteiger partial charge in [0.05, 0.1) is 5.41 Å². The molecular formula is C26H26N2O4. The van der Waals surface area contributed by atoms with Crippen molar-refractivity contribution in [3.05, 3.63) is 78.1 Å². The molecule has 1 amide bonds. The van der Waals surface area contributed by atoms with E-state index in [0.29, 0.717) is 39.0 Å². The fraction of sp³-hybridized carbons (Fsp3) is 0.308. The van der Waals surface area contributed by atoms with Crippen LogP contribution in [0.1, 0.15) is 24.0 Å². The summed E-state index contributed by atoms with van der Waals surface area (Å²) in [4.78, 5) is 17.6. The summed E-state index contributed by atoms with van der Waals surface area (Å²) >= 11 is 0. The third-order valence-electron chi connectivity index (χ3n) is 6.30. The third-order valence-corrected chi connectivity index (χ3v) is 6.30. The number of amides is 1. The minimum Gasteiger partial charge on any atom is -0.454 e. The highest BCUT2D eigenvalue weighted by Crippen LogP contribution is 2.36.